The predicted octanol–water partition coefficient (Wildman–Crippen LogP) is 4.38. The quantitative estimate of drug-likeness (QED) is 0.616. The van der Waals surface area contributed by atoms with Crippen molar-refractivity contribution in [3.8, 4) is 0 Å². The standard InChI is InChI=1S/C15H16ClNOS/c1-4-11-12-9-10(16)5-6-14(12)19-15(11)13(18)7-8-17(2)3/h5-9H,4H2,1-3H3/b8-7+. The van der Waals surface area contributed by atoms with Gasteiger partial charge in [0.25, 0.3) is 0 Å². The van der Waals surface area contributed by atoms with E-state index in [1.807, 2.05) is 37.2 Å². The zero-order chi connectivity index (χ0) is 14.0. The fourth-order valence-electron chi connectivity index (χ4n) is 1.96. The van der Waals surface area contributed by atoms with Crippen LogP contribution in [0.1, 0.15) is 22.2 Å². The molecular weight excluding hydrogens is 278 g/mol. The molecule has 2 aromatic rings. The van der Waals surface area contributed by atoms with Crippen LogP contribution < -0.4 is 0 Å². The highest BCUT2D eigenvalue weighted by Crippen LogP contribution is 2.34. The molecule has 0 saturated carbocycles. The lowest BCUT2D eigenvalue weighted by atomic mass is 10.1. The van der Waals surface area contributed by atoms with E-state index in [0.717, 1.165) is 26.9 Å². The van der Waals surface area contributed by atoms with Crippen molar-refractivity contribution >= 4 is 38.8 Å². The molecule has 0 aliphatic heterocycles. The number of benzene rings is 1. The van der Waals surface area contributed by atoms with Crippen molar-refractivity contribution in [1.29, 1.82) is 0 Å². The topological polar surface area (TPSA) is 20.3 Å². The zero-order valence-electron chi connectivity index (χ0n) is 11.2. The highest BCUT2D eigenvalue weighted by atomic mass is 35.5. The lowest BCUT2D eigenvalue weighted by Crippen LogP contribution is -2.03. The van der Waals surface area contributed by atoms with Crippen LogP contribution in [0.15, 0.2) is 30.5 Å². The SMILES string of the molecule is CCc1c(C(=O)/C=C/N(C)C)sc2ccc(Cl)cc12. The van der Waals surface area contributed by atoms with Gasteiger partial charge in [0, 0.05) is 36.1 Å². The van der Waals surface area contributed by atoms with E-state index < -0.39 is 0 Å². The Bertz CT molecular complexity index is 643. The van der Waals surface area contributed by atoms with Crippen molar-refractivity contribution in [3.63, 3.8) is 0 Å². The molecule has 0 aliphatic rings. The summed E-state index contributed by atoms with van der Waals surface area (Å²) in [6.07, 6.45) is 4.22. The Labute approximate surface area is 122 Å². The molecule has 4 heteroatoms. The van der Waals surface area contributed by atoms with Crippen LogP contribution in [0, 0.1) is 0 Å². The third-order valence-corrected chi connectivity index (χ3v) is 4.32. The number of hydrogen-bond donors (Lipinski definition) is 0. The van der Waals surface area contributed by atoms with Crippen LogP contribution in [0.4, 0.5) is 0 Å². The van der Waals surface area contributed by atoms with Crippen molar-refractivity contribution < 1.29 is 4.79 Å². The molecule has 0 bridgehead atoms. The molecular formula is C15H16ClNOS. The normalized spacial score (nSPS) is 11.4. The van der Waals surface area contributed by atoms with E-state index in [2.05, 4.69) is 6.92 Å². The van der Waals surface area contributed by atoms with Crippen LogP contribution in [0.2, 0.25) is 5.02 Å². The van der Waals surface area contributed by atoms with Gasteiger partial charge in [0.15, 0.2) is 5.78 Å². The second kappa shape index (κ2) is 5.76. The first-order valence-corrected chi connectivity index (χ1v) is 7.32. The lowest BCUT2D eigenvalue weighted by molar-refractivity contribution is 0.104. The number of fused-ring (bicyclic) bond motifs is 1. The van der Waals surface area contributed by atoms with E-state index in [1.54, 1.807) is 12.3 Å². The summed E-state index contributed by atoms with van der Waals surface area (Å²) in [5.74, 6) is 0.0582. The van der Waals surface area contributed by atoms with Gasteiger partial charge in [-0.25, -0.2) is 0 Å². The highest BCUT2D eigenvalue weighted by molar-refractivity contribution is 7.21. The van der Waals surface area contributed by atoms with E-state index in [9.17, 15) is 4.79 Å². The first kappa shape index (κ1) is 14.1. The minimum Gasteiger partial charge on any atom is -0.383 e. The van der Waals surface area contributed by atoms with Crippen LogP contribution in [0.5, 0.6) is 0 Å². The maximum Gasteiger partial charge on any atom is 0.197 e. The van der Waals surface area contributed by atoms with Crippen molar-refractivity contribution in [3.05, 3.63) is 45.9 Å². The molecule has 1 aromatic heterocycles. The Kier molecular flexibility index (Phi) is 4.27. The second-order valence-electron chi connectivity index (χ2n) is 4.55. The zero-order valence-corrected chi connectivity index (χ0v) is 12.8. The van der Waals surface area contributed by atoms with Gasteiger partial charge in [-0.2, -0.15) is 0 Å². The molecule has 0 atom stereocenters. The number of allylic oxidation sites excluding steroid dienone is 1. The van der Waals surface area contributed by atoms with Crippen LogP contribution in [0.3, 0.4) is 0 Å². The Morgan fingerprint density at radius 2 is 2.16 bits per heavy atom. The van der Waals surface area contributed by atoms with Crippen molar-refractivity contribution in [2.24, 2.45) is 0 Å². The maximum absolute atomic E-state index is 12.2. The minimum atomic E-state index is 0.0582. The number of aryl methyl sites for hydroxylation is 1. The second-order valence-corrected chi connectivity index (χ2v) is 6.04. The Balaban J connectivity index is 2.51. The van der Waals surface area contributed by atoms with E-state index in [1.165, 1.54) is 11.3 Å². The first-order valence-electron chi connectivity index (χ1n) is 6.12. The summed E-state index contributed by atoms with van der Waals surface area (Å²) >= 11 is 7.58. The van der Waals surface area contributed by atoms with Crippen LogP contribution in [0.25, 0.3) is 10.1 Å². The summed E-state index contributed by atoms with van der Waals surface area (Å²) < 4.78 is 1.11. The van der Waals surface area contributed by atoms with Crippen LogP contribution >= 0.6 is 22.9 Å². The van der Waals surface area contributed by atoms with E-state index in [-0.39, 0.29) is 5.78 Å². The molecule has 0 radical (unpaired) electrons. The fraction of sp³-hybridized carbons (Fsp3) is 0.267. The monoisotopic (exact) mass is 293 g/mol. The van der Waals surface area contributed by atoms with Gasteiger partial charge in [-0.15, -0.1) is 11.3 Å². The molecule has 1 aromatic carbocycles. The summed E-state index contributed by atoms with van der Waals surface area (Å²) in [6.45, 7) is 2.06. The number of nitrogens with zero attached hydrogens (tertiary/aromatic N) is 1. The van der Waals surface area contributed by atoms with E-state index in [0.29, 0.717) is 5.02 Å². The molecule has 0 unspecified atom stereocenters. The molecule has 0 N–H and O–H groups in total. The van der Waals surface area contributed by atoms with Gasteiger partial charge in [-0.3, -0.25) is 4.79 Å². The number of carbonyl (C=O) groups is 1. The Morgan fingerprint density at radius 3 is 2.79 bits per heavy atom. The summed E-state index contributed by atoms with van der Waals surface area (Å²) in [4.78, 5) is 14.9. The van der Waals surface area contributed by atoms with Crippen LogP contribution in [-0.2, 0) is 6.42 Å². The molecule has 100 valence electrons. The largest absolute Gasteiger partial charge is 0.383 e. The first-order chi connectivity index (χ1) is 9.02. The summed E-state index contributed by atoms with van der Waals surface area (Å²) in [7, 11) is 3.80. The predicted molar refractivity (Wildman–Crippen MR) is 83.4 cm³/mol. The number of halogens is 1. The Hall–Kier alpha value is -1.32. The number of carbonyl (C=O) groups excluding carboxylic acids is 1. The summed E-state index contributed by atoms with van der Waals surface area (Å²) in [5, 5.41) is 1.81. The van der Waals surface area contributed by atoms with Gasteiger partial charge in [0.2, 0.25) is 0 Å². The molecule has 2 nitrogen and oxygen atoms in total. The molecule has 0 fully saturated rings. The van der Waals surface area contributed by atoms with Crippen molar-refractivity contribution in [2.75, 3.05) is 14.1 Å². The maximum atomic E-state index is 12.2. The van der Waals surface area contributed by atoms with Crippen molar-refractivity contribution in [1.82, 2.24) is 4.90 Å². The highest BCUT2D eigenvalue weighted by Gasteiger charge is 2.15. The smallest absolute Gasteiger partial charge is 0.197 e. The minimum absolute atomic E-state index is 0.0582. The average Bonchev–Trinajstić information content (AvgIpc) is 2.73. The van der Waals surface area contributed by atoms with Gasteiger partial charge in [0.05, 0.1) is 4.88 Å². The van der Waals surface area contributed by atoms with Crippen molar-refractivity contribution in [2.45, 2.75) is 13.3 Å². The van der Waals surface area contributed by atoms with Gasteiger partial charge < -0.3 is 4.90 Å². The van der Waals surface area contributed by atoms with Crippen LogP contribution in [-0.4, -0.2) is 24.8 Å². The molecule has 0 aliphatic carbocycles. The number of ketones is 1. The van der Waals surface area contributed by atoms with Gasteiger partial charge in [-0.05, 0) is 35.6 Å². The van der Waals surface area contributed by atoms with Gasteiger partial charge in [0.1, 0.15) is 0 Å². The van der Waals surface area contributed by atoms with E-state index >= 15 is 0 Å². The molecule has 19 heavy (non-hydrogen) atoms. The summed E-state index contributed by atoms with van der Waals surface area (Å²) in [5.41, 5.74) is 1.09. The number of rotatable bonds is 4. The number of thiophene rings is 1. The Morgan fingerprint density at radius 1 is 1.42 bits per heavy atom. The molecule has 2 rings (SSSR count). The van der Waals surface area contributed by atoms with Gasteiger partial charge >= 0.3 is 0 Å². The van der Waals surface area contributed by atoms with Gasteiger partial charge in [-0.1, -0.05) is 18.5 Å². The third-order valence-electron chi connectivity index (χ3n) is 2.85. The molecule has 0 amide bonds. The average molecular weight is 294 g/mol. The van der Waals surface area contributed by atoms with E-state index in [4.69, 9.17) is 11.6 Å². The molecule has 1 heterocycles. The number of hydrogen-bond acceptors (Lipinski definition) is 3. The fourth-order valence-corrected chi connectivity index (χ4v) is 3.33. The third kappa shape index (κ3) is 2.99. The lowest BCUT2D eigenvalue weighted by Gasteiger charge is -2.03. The molecule has 0 spiro atoms. The molecule has 0 saturated heterocycles. The summed E-state index contributed by atoms with van der Waals surface area (Å²) in [6, 6.07) is 5.79.